The van der Waals surface area contributed by atoms with Crippen LogP contribution in [0.25, 0.3) is 17.0 Å². The van der Waals surface area contributed by atoms with Crippen molar-refractivity contribution < 1.29 is 0 Å². The predicted octanol–water partition coefficient (Wildman–Crippen LogP) is 2.67. The number of hydrazine groups is 1. The number of pyridine rings is 1. The number of allylic oxidation sites excluding steroid dienone is 3. The van der Waals surface area contributed by atoms with Gasteiger partial charge in [0.05, 0.1) is 16.9 Å². The molecule has 3 rings (SSSR count). The second-order valence-corrected chi connectivity index (χ2v) is 4.44. The van der Waals surface area contributed by atoms with E-state index in [1.807, 2.05) is 43.5 Å². The normalized spacial score (nSPS) is 13.4. The van der Waals surface area contributed by atoms with Crippen LogP contribution in [0.4, 0.5) is 5.69 Å². The highest BCUT2D eigenvalue weighted by Crippen LogP contribution is 2.32. The lowest BCUT2D eigenvalue weighted by Gasteiger charge is -2.20. The molecule has 1 aliphatic rings. The van der Waals surface area contributed by atoms with Crippen LogP contribution in [0.3, 0.4) is 0 Å². The largest absolute Gasteiger partial charge is 0.313 e. The third-order valence-corrected chi connectivity index (χ3v) is 3.17. The third kappa shape index (κ3) is 1.69. The average molecular weight is 237 g/mol. The van der Waals surface area contributed by atoms with Crippen molar-refractivity contribution in [2.24, 2.45) is 5.84 Å². The Labute approximate surface area is 106 Å². The van der Waals surface area contributed by atoms with Crippen LogP contribution in [0.15, 0.2) is 42.5 Å². The molecule has 0 aliphatic heterocycles. The molecule has 0 spiro atoms. The Kier molecular flexibility index (Phi) is 2.61. The maximum atomic E-state index is 6.01. The van der Waals surface area contributed by atoms with Crippen molar-refractivity contribution >= 4 is 22.7 Å². The van der Waals surface area contributed by atoms with Gasteiger partial charge in [0.25, 0.3) is 0 Å². The van der Waals surface area contributed by atoms with E-state index in [0.717, 1.165) is 28.7 Å². The number of para-hydroxylation sites is 1. The fourth-order valence-corrected chi connectivity index (χ4v) is 2.41. The monoisotopic (exact) mass is 237 g/mol. The van der Waals surface area contributed by atoms with Crippen molar-refractivity contribution in [1.82, 2.24) is 4.98 Å². The smallest absolute Gasteiger partial charge is 0.0730 e. The molecule has 0 atom stereocenters. The van der Waals surface area contributed by atoms with Crippen LogP contribution < -0.4 is 10.9 Å². The molecule has 0 fully saturated rings. The molecule has 0 saturated heterocycles. The van der Waals surface area contributed by atoms with E-state index < -0.39 is 0 Å². The Morgan fingerprint density at radius 3 is 2.89 bits per heavy atom. The van der Waals surface area contributed by atoms with Crippen LogP contribution in [0.2, 0.25) is 0 Å². The molecular weight excluding hydrogens is 222 g/mol. The zero-order valence-electron chi connectivity index (χ0n) is 10.3. The summed E-state index contributed by atoms with van der Waals surface area (Å²) in [6.45, 7) is 0. The minimum Gasteiger partial charge on any atom is -0.313 e. The Bertz CT molecular complexity index is 654. The van der Waals surface area contributed by atoms with Gasteiger partial charge in [-0.1, -0.05) is 36.4 Å². The number of nitrogens with two attached hydrogens (primary N) is 1. The van der Waals surface area contributed by atoms with E-state index in [9.17, 15) is 0 Å². The molecule has 90 valence electrons. The van der Waals surface area contributed by atoms with Crippen molar-refractivity contribution in [2.45, 2.75) is 6.42 Å². The molecule has 0 amide bonds. The number of nitrogens with zero attached hydrogens (tertiary/aromatic N) is 2. The van der Waals surface area contributed by atoms with Crippen molar-refractivity contribution in [3.63, 3.8) is 0 Å². The molecule has 0 saturated carbocycles. The first-order chi connectivity index (χ1) is 8.77. The lowest BCUT2D eigenvalue weighted by Crippen LogP contribution is -2.27. The fourth-order valence-electron chi connectivity index (χ4n) is 2.41. The summed E-state index contributed by atoms with van der Waals surface area (Å²) >= 11 is 0. The first-order valence-corrected chi connectivity index (χ1v) is 6.00. The van der Waals surface area contributed by atoms with Crippen LogP contribution in [0.1, 0.15) is 11.3 Å². The maximum Gasteiger partial charge on any atom is 0.0730 e. The van der Waals surface area contributed by atoms with Crippen molar-refractivity contribution in [1.29, 1.82) is 0 Å². The second-order valence-electron chi connectivity index (χ2n) is 4.44. The van der Waals surface area contributed by atoms with E-state index in [4.69, 9.17) is 10.8 Å². The first kappa shape index (κ1) is 11.0. The molecule has 0 unspecified atom stereocenters. The lowest BCUT2D eigenvalue weighted by atomic mass is 10.0. The molecule has 1 aliphatic carbocycles. The SMILES string of the molecule is CN(N)c1c2c(nc3ccccc13)C=CC=CC2. The zero-order valence-corrected chi connectivity index (χ0v) is 10.3. The summed E-state index contributed by atoms with van der Waals surface area (Å²) in [6.07, 6.45) is 9.10. The number of anilines is 1. The molecule has 0 radical (unpaired) electrons. The molecule has 1 aromatic heterocycles. The third-order valence-electron chi connectivity index (χ3n) is 3.17. The van der Waals surface area contributed by atoms with Gasteiger partial charge in [-0.2, -0.15) is 0 Å². The standard InChI is InChI=1S/C15H15N3/c1-18(16)15-11-7-3-2-4-9-13(11)17-14-10-6-5-8-12(14)15/h2-6,8-10H,7,16H2,1H3. The molecule has 2 N–H and O–H groups in total. The van der Waals surface area contributed by atoms with Gasteiger partial charge in [-0.05, 0) is 18.6 Å². The minimum absolute atomic E-state index is 0.858. The summed E-state index contributed by atoms with van der Waals surface area (Å²) in [7, 11) is 1.88. The number of aromatic nitrogens is 1. The summed E-state index contributed by atoms with van der Waals surface area (Å²) < 4.78 is 0. The van der Waals surface area contributed by atoms with Gasteiger partial charge < -0.3 is 5.01 Å². The van der Waals surface area contributed by atoms with E-state index in [1.54, 1.807) is 5.01 Å². The molecule has 18 heavy (non-hydrogen) atoms. The van der Waals surface area contributed by atoms with E-state index in [0.29, 0.717) is 0 Å². The summed E-state index contributed by atoms with van der Waals surface area (Å²) in [5.74, 6) is 6.01. The number of rotatable bonds is 1. The summed E-state index contributed by atoms with van der Waals surface area (Å²) in [6, 6.07) is 8.11. The van der Waals surface area contributed by atoms with Gasteiger partial charge in [-0.15, -0.1) is 0 Å². The number of benzene rings is 1. The predicted molar refractivity (Wildman–Crippen MR) is 76.2 cm³/mol. The Hall–Kier alpha value is -2.13. The highest BCUT2D eigenvalue weighted by atomic mass is 15.4. The summed E-state index contributed by atoms with van der Waals surface area (Å²) in [5, 5.41) is 2.79. The minimum atomic E-state index is 0.858. The zero-order chi connectivity index (χ0) is 12.5. The van der Waals surface area contributed by atoms with Crippen LogP contribution in [-0.2, 0) is 6.42 Å². The molecule has 1 heterocycles. The van der Waals surface area contributed by atoms with Gasteiger partial charge in [-0.3, -0.25) is 0 Å². The average Bonchev–Trinajstić information content (AvgIpc) is 2.60. The van der Waals surface area contributed by atoms with Gasteiger partial charge in [0.15, 0.2) is 0 Å². The summed E-state index contributed by atoms with van der Waals surface area (Å²) in [4.78, 5) is 4.71. The van der Waals surface area contributed by atoms with Crippen LogP contribution >= 0.6 is 0 Å². The lowest BCUT2D eigenvalue weighted by molar-refractivity contribution is 1.00. The Morgan fingerprint density at radius 2 is 2.06 bits per heavy atom. The van der Waals surface area contributed by atoms with Gasteiger partial charge in [0.1, 0.15) is 0 Å². The molecule has 3 heteroatoms. The van der Waals surface area contributed by atoms with Crippen molar-refractivity contribution in [3.05, 3.63) is 53.8 Å². The number of hydrogen-bond donors (Lipinski definition) is 1. The molecule has 3 nitrogen and oxygen atoms in total. The second kappa shape index (κ2) is 4.27. The summed E-state index contributed by atoms with van der Waals surface area (Å²) in [5.41, 5.74) is 4.23. The van der Waals surface area contributed by atoms with Crippen LogP contribution in [0.5, 0.6) is 0 Å². The first-order valence-electron chi connectivity index (χ1n) is 6.00. The van der Waals surface area contributed by atoms with E-state index >= 15 is 0 Å². The van der Waals surface area contributed by atoms with E-state index in [1.165, 1.54) is 5.56 Å². The van der Waals surface area contributed by atoms with E-state index in [2.05, 4.69) is 12.1 Å². The maximum absolute atomic E-state index is 6.01. The van der Waals surface area contributed by atoms with E-state index in [-0.39, 0.29) is 0 Å². The van der Waals surface area contributed by atoms with Crippen LogP contribution in [-0.4, -0.2) is 12.0 Å². The fraction of sp³-hybridized carbons (Fsp3) is 0.133. The van der Waals surface area contributed by atoms with Gasteiger partial charge in [-0.25, -0.2) is 10.8 Å². The number of fused-ring (bicyclic) bond motifs is 2. The molecule has 2 aromatic rings. The topological polar surface area (TPSA) is 42.1 Å². The molecule has 0 bridgehead atoms. The highest BCUT2D eigenvalue weighted by Gasteiger charge is 2.15. The number of hydrogen-bond acceptors (Lipinski definition) is 3. The van der Waals surface area contributed by atoms with Gasteiger partial charge >= 0.3 is 0 Å². The quantitative estimate of drug-likeness (QED) is 0.612. The Morgan fingerprint density at radius 1 is 1.22 bits per heavy atom. The highest BCUT2D eigenvalue weighted by molar-refractivity contribution is 5.95. The van der Waals surface area contributed by atoms with Gasteiger partial charge in [0, 0.05) is 18.0 Å². The molecular formula is C15H15N3. The van der Waals surface area contributed by atoms with Crippen LogP contribution in [0, 0.1) is 0 Å². The van der Waals surface area contributed by atoms with Crippen molar-refractivity contribution in [2.75, 3.05) is 12.1 Å². The van der Waals surface area contributed by atoms with Crippen molar-refractivity contribution in [3.8, 4) is 0 Å². The Balaban J connectivity index is 2.41. The van der Waals surface area contributed by atoms with Gasteiger partial charge in [0.2, 0.25) is 0 Å². The molecule has 1 aromatic carbocycles.